The van der Waals surface area contributed by atoms with Crippen LogP contribution in [0, 0.1) is 6.92 Å². The molecule has 0 radical (unpaired) electrons. The van der Waals surface area contributed by atoms with Crippen LogP contribution in [0.5, 0.6) is 17.2 Å². The van der Waals surface area contributed by atoms with E-state index in [0.717, 1.165) is 5.56 Å². The predicted octanol–water partition coefficient (Wildman–Crippen LogP) is 3.18. The van der Waals surface area contributed by atoms with E-state index in [1.54, 1.807) is 44.6 Å². The van der Waals surface area contributed by atoms with E-state index in [1.165, 1.54) is 18.1 Å². The molecule has 3 rings (SSSR count). The third kappa shape index (κ3) is 4.27. The number of aryl methyl sites for hydroxylation is 1. The van der Waals surface area contributed by atoms with Crippen LogP contribution < -0.4 is 9.47 Å². The Morgan fingerprint density at radius 2 is 1.72 bits per heavy atom. The van der Waals surface area contributed by atoms with Gasteiger partial charge in [0.05, 0.1) is 25.8 Å². The zero-order valence-electron chi connectivity index (χ0n) is 18.5. The predicted molar refractivity (Wildman–Crippen MR) is 118 cm³/mol. The Hall–Kier alpha value is -3.52. The van der Waals surface area contributed by atoms with E-state index in [9.17, 15) is 19.8 Å². The molecule has 1 aliphatic heterocycles. The number of hydrogen-bond donors (Lipinski definition) is 2. The molecule has 1 aliphatic rings. The van der Waals surface area contributed by atoms with Crippen molar-refractivity contribution in [1.82, 2.24) is 4.90 Å². The molecule has 2 N–H and O–H groups in total. The zero-order valence-corrected chi connectivity index (χ0v) is 18.5. The number of aromatic hydroxyl groups is 1. The van der Waals surface area contributed by atoms with E-state index < -0.39 is 17.7 Å². The molecular weight excluding hydrogens is 414 g/mol. The quantitative estimate of drug-likeness (QED) is 0.281. The number of carbonyl (C=O) groups excluding carboxylic acids is 2. The van der Waals surface area contributed by atoms with Crippen molar-refractivity contribution in [2.75, 3.05) is 34.5 Å². The topological polar surface area (TPSA) is 106 Å². The Kier molecular flexibility index (Phi) is 7.05. The van der Waals surface area contributed by atoms with Gasteiger partial charge in [-0.15, -0.1) is 0 Å². The molecule has 1 atom stereocenters. The van der Waals surface area contributed by atoms with Gasteiger partial charge in [0.2, 0.25) is 0 Å². The molecule has 1 amide bonds. The first-order valence-electron chi connectivity index (χ1n) is 10.1. The highest BCUT2D eigenvalue weighted by Crippen LogP contribution is 2.42. The van der Waals surface area contributed by atoms with Gasteiger partial charge in [0.25, 0.3) is 11.7 Å². The summed E-state index contributed by atoms with van der Waals surface area (Å²) in [6, 6.07) is 8.78. The first-order chi connectivity index (χ1) is 15.3. The summed E-state index contributed by atoms with van der Waals surface area (Å²) in [7, 11) is 4.53. The van der Waals surface area contributed by atoms with Crippen LogP contribution in [0.1, 0.15) is 29.2 Å². The fourth-order valence-electron chi connectivity index (χ4n) is 3.89. The number of carbonyl (C=O) groups is 2. The van der Waals surface area contributed by atoms with Crippen LogP contribution in [-0.2, 0) is 14.3 Å². The SMILES string of the molecule is COCCCN1C(=O)C(=O)/C(=C(\O)c2ccc(OC)c(C)c2)C1c1ccc(OC)c(O)c1. The lowest BCUT2D eigenvalue weighted by Crippen LogP contribution is -2.31. The van der Waals surface area contributed by atoms with Gasteiger partial charge in [0.15, 0.2) is 11.5 Å². The molecule has 0 aliphatic carbocycles. The summed E-state index contributed by atoms with van der Waals surface area (Å²) in [4.78, 5) is 27.3. The van der Waals surface area contributed by atoms with Crippen molar-refractivity contribution in [3.63, 3.8) is 0 Å². The second-order valence-electron chi connectivity index (χ2n) is 7.45. The zero-order chi connectivity index (χ0) is 23.4. The summed E-state index contributed by atoms with van der Waals surface area (Å²) in [6.45, 7) is 2.47. The number of nitrogens with zero attached hydrogens (tertiary/aromatic N) is 1. The molecule has 2 aromatic rings. The normalized spacial score (nSPS) is 17.6. The highest BCUT2D eigenvalue weighted by molar-refractivity contribution is 6.46. The minimum atomic E-state index is -0.869. The van der Waals surface area contributed by atoms with E-state index in [4.69, 9.17) is 14.2 Å². The van der Waals surface area contributed by atoms with Crippen LogP contribution in [0.2, 0.25) is 0 Å². The lowest BCUT2D eigenvalue weighted by atomic mass is 9.94. The lowest BCUT2D eigenvalue weighted by Gasteiger charge is -2.25. The molecule has 1 saturated heterocycles. The molecule has 0 bridgehead atoms. The first-order valence-corrected chi connectivity index (χ1v) is 10.1. The number of likely N-dealkylation sites (tertiary alicyclic amines) is 1. The lowest BCUT2D eigenvalue weighted by molar-refractivity contribution is -0.140. The molecule has 8 nitrogen and oxygen atoms in total. The van der Waals surface area contributed by atoms with Crippen molar-refractivity contribution < 1.29 is 34.0 Å². The number of ketones is 1. The molecule has 32 heavy (non-hydrogen) atoms. The molecule has 0 saturated carbocycles. The molecule has 2 aromatic carbocycles. The van der Waals surface area contributed by atoms with Crippen molar-refractivity contribution in [2.45, 2.75) is 19.4 Å². The van der Waals surface area contributed by atoms with Crippen molar-refractivity contribution in [2.24, 2.45) is 0 Å². The summed E-state index contributed by atoms with van der Waals surface area (Å²) in [5.74, 6) is -1.02. The number of amides is 1. The van der Waals surface area contributed by atoms with Gasteiger partial charge in [0, 0.05) is 25.8 Å². The third-order valence-corrected chi connectivity index (χ3v) is 5.47. The van der Waals surface area contributed by atoms with Crippen molar-refractivity contribution in [3.8, 4) is 17.2 Å². The van der Waals surface area contributed by atoms with E-state index in [0.29, 0.717) is 29.9 Å². The number of hydrogen-bond acceptors (Lipinski definition) is 7. The van der Waals surface area contributed by atoms with Crippen molar-refractivity contribution >= 4 is 17.4 Å². The number of methoxy groups -OCH3 is 3. The van der Waals surface area contributed by atoms with Gasteiger partial charge >= 0.3 is 0 Å². The van der Waals surface area contributed by atoms with E-state index in [1.807, 2.05) is 6.92 Å². The van der Waals surface area contributed by atoms with Crippen molar-refractivity contribution in [3.05, 3.63) is 58.7 Å². The average Bonchev–Trinajstić information content (AvgIpc) is 3.03. The molecule has 1 heterocycles. The molecule has 1 unspecified atom stereocenters. The van der Waals surface area contributed by atoms with E-state index >= 15 is 0 Å². The molecule has 170 valence electrons. The summed E-state index contributed by atoms with van der Waals surface area (Å²) in [5, 5.41) is 21.4. The standard InChI is InChI=1S/C24H27NO7/c1-14-12-16(7-8-18(14)31-3)22(27)20-21(15-6-9-19(32-4)17(26)13-15)25(10-5-11-30-2)24(29)23(20)28/h6-9,12-13,21,26-27H,5,10-11H2,1-4H3/b22-20-. The van der Waals surface area contributed by atoms with Crippen molar-refractivity contribution in [1.29, 1.82) is 0 Å². The Morgan fingerprint density at radius 1 is 1.03 bits per heavy atom. The highest BCUT2D eigenvalue weighted by Gasteiger charge is 2.46. The molecule has 0 aromatic heterocycles. The van der Waals surface area contributed by atoms with E-state index in [2.05, 4.69) is 0 Å². The Balaban J connectivity index is 2.15. The van der Waals surface area contributed by atoms with Crippen LogP contribution >= 0.6 is 0 Å². The number of phenolic OH excluding ortho intramolecular Hbond substituents is 1. The van der Waals surface area contributed by atoms with Gasteiger partial charge in [0.1, 0.15) is 11.5 Å². The maximum atomic E-state index is 13.0. The summed E-state index contributed by atoms with van der Waals surface area (Å²) in [6.07, 6.45) is 0.504. The fraction of sp³-hybridized carbons (Fsp3) is 0.333. The number of aliphatic hydroxyl groups excluding tert-OH is 1. The van der Waals surface area contributed by atoms with Gasteiger partial charge < -0.3 is 29.3 Å². The minimum Gasteiger partial charge on any atom is -0.507 e. The van der Waals surface area contributed by atoms with Crippen LogP contribution in [0.4, 0.5) is 0 Å². The molecule has 1 fully saturated rings. The van der Waals surface area contributed by atoms with Crippen LogP contribution in [0.25, 0.3) is 5.76 Å². The van der Waals surface area contributed by atoms with Gasteiger partial charge in [-0.05, 0) is 54.8 Å². The summed E-state index contributed by atoms with van der Waals surface area (Å²) in [5.41, 5.74) is 1.60. The minimum absolute atomic E-state index is 0.0402. The maximum absolute atomic E-state index is 13.0. The smallest absolute Gasteiger partial charge is 0.295 e. The molecule has 8 heteroatoms. The average molecular weight is 441 g/mol. The second-order valence-corrected chi connectivity index (χ2v) is 7.45. The van der Waals surface area contributed by atoms with Crippen LogP contribution in [-0.4, -0.2) is 61.3 Å². The van der Waals surface area contributed by atoms with Crippen LogP contribution in [0.3, 0.4) is 0 Å². The van der Waals surface area contributed by atoms with Gasteiger partial charge in [-0.25, -0.2) is 0 Å². The van der Waals surface area contributed by atoms with E-state index in [-0.39, 0.29) is 29.4 Å². The number of aliphatic hydroxyl groups is 1. The number of Topliss-reactive ketones (excluding diaryl/α,β-unsaturated/α-hetero) is 1. The highest BCUT2D eigenvalue weighted by atomic mass is 16.5. The Labute approximate surface area is 186 Å². The molecular formula is C24H27NO7. The van der Waals surface area contributed by atoms with Gasteiger partial charge in [-0.1, -0.05) is 6.07 Å². The Morgan fingerprint density at radius 3 is 2.31 bits per heavy atom. The molecule has 0 spiro atoms. The number of phenols is 1. The second kappa shape index (κ2) is 9.74. The number of benzene rings is 2. The fourth-order valence-corrected chi connectivity index (χ4v) is 3.89. The summed E-state index contributed by atoms with van der Waals surface area (Å²) < 4.78 is 15.4. The van der Waals surface area contributed by atoms with Gasteiger partial charge in [-0.3, -0.25) is 9.59 Å². The van der Waals surface area contributed by atoms with Crippen LogP contribution in [0.15, 0.2) is 42.0 Å². The summed E-state index contributed by atoms with van der Waals surface area (Å²) >= 11 is 0. The maximum Gasteiger partial charge on any atom is 0.295 e. The largest absolute Gasteiger partial charge is 0.507 e. The monoisotopic (exact) mass is 441 g/mol. The number of ether oxygens (including phenoxy) is 3. The first kappa shape index (κ1) is 23.1. The van der Waals surface area contributed by atoms with Gasteiger partial charge in [-0.2, -0.15) is 0 Å². The third-order valence-electron chi connectivity index (χ3n) is 5.47. The Bertz CT molecular complexity index is 1060. The number of rotatable bonds is 8.